The highest BCUT2D eigenvalue weighted by molar-refractivity contribution is 6.30. The highest BCUT2D eigenvalue weighted by Crippen LogP contribution is 2.24. The quantitative estimate of drug-likeness (QED) is 0.896. The van der Waals surface area contributed by atoms with Crippen LogP contribution in [0.2, 0.25) is 5.02 Å². The van der Waals surface area contributed by atoms with Crippen LogP contribution < -0.4 is 5.32 Å². The van der Waals surface area contributed by atoms with Crippen LogP contribution in [0.3, 0.4) is 0 Å². The molecule has 0 saturated carbocycles. The summed E-state index contributed by atoms with van der Waals surface area (Å²) in [6.45, 7) is 0.447. The van der Waals surface area contributed by atoms with E-state index in [4.69, 9.17) is 16.0 Å². The molecule has 1 aromatic heterocycles. The molecule has 0 radical (unpaired) electrons. The van der Waals surface area contributed by atoms with E-state index < -0.39 is 5.82 Å². The van der Waals surface area contributed by atoms with Gasteiger partial charge in [-0.05, 0) is 25.2 Å². The number of nitrogens with one attached hydrogen (secondary N) is 1. The summed E-state index contributed by atoms with van der Waals surface area (Å²) >= 11 is 5.64. The Hall–Kier alpha value is -1.46. The number of rotatable bonds is 3. The summed E-state index contributed by atoms with van der Waals surface area (Å²) in [6, 6.07) is 4.29. The Bertz CT molecular complexity index is 501. The molecule has 6 heteroatoms. The molecule has 1 aromatic carbocycles. The van der Waals surface area contributed by atoms with E-state index in [-0.39, 0.29) is 11.5 Å². The molecule has 0 fully saturated rings. The van der Waals surface area contributed by atoms with Crippen molar-refractivity contribution in [1.82, 2.24) is 15.5 Å². The molecule has 16 heavy (non-hydrogen) atoms. The van der Waals surface area contributed by atoms with Crippen molar-refractivity contribution in [3.63, 3.8) is 0 Å². The van der Waals surface area contributed by atoms with Gasteiger partial charge in [-0.25, -0.2) is 4.39 Å². The van der Waals surface area contributed by atoms with Gasteiger partial charge >= 0.3 is 0 Å². The van der Waals surface area contributed by atoms with Gasteiger partial charge in [0, 0.05) is 5.02 Å². The number of halogens is 2. The molecular weight excluding hydrogens is 233 g/mol. The Morgan fingerprint density at radius 1 is 1.44 bits per heavy atom. The second-order valence-electron chi connectivity index (χ2n) is 3.16. The van der Waals surface area contributed by atoms with E-state index in [0.29, 0.717) is 17.5 Å². The van der Waals surface area contributed by atoms with Crippen LogP contribution in [0.1, 0.15) is 5.89 Å². The van der Waals surface area contributed by atoms with Crippen molar-refractivity contribution in [2.45, 2.75) is 6.54 Å². The summed E-state index contributed by atoms with van der Waals surface area (Å²) in [5.74, 6) is 0.0819. The average Bonchev–Trinajstić information content (AvgIpc) is 2.67. The van der Waals surface area contributed by atoms with Gasteiger partial charge in [0.1, 0.15) is 5.82 Å². The fourth-order valence-electron chi connectivity index (χ4n) is 1.25. The van der Waals surface area contributed by atoms with Crippen molar-refractivity contribution in [3.05, 3.63) is 34.9 Å². The first-order valence-corrected chi connectivity index (χ1v) is 5.01. The van der Waals surface area contributed by atoms with Gasteiger partial charge in [-0.1, -0.05) is 11.6 Å². The van der Waals surface area contributed by atoms with Crippen LogP contribution in [-0.2, 0) is 6.54 Å². The smallest absolute Gasteiger partial charge is 0.250 e. The van der Waals surface area contributed by atoms with E-state index in [0.717, 1.165) is 0 Å². The largest absolute Gasteiger partial charge is 0.419 e. The Labute approximate surface area is 96.4 Å². The normalized spacial score (nSPS) is 10.7. The molecule has 4 nitrogen and oxygen atoms in total. The Morgan fingerprint density at radius 3 is 2.94 bits per heavy atom. The summed E-state index contributed by atoms with van der Waals surface area (Å²) in [6.07, 6.45) is 0. The van der Waals surface area contributed by atoms with E-state index in [9.17, 15) is 4.39 Å². The Balaban J connectivity index is 2.35. The summed E-state index contributed by atoms with van der Waals surface area (Å²) < 4.78 is 18.8. The third-order valence-corrected chi connectivity index (χ3v) is 2.19. The van der Waals surface area contributed by atoms with E-state index in [1.165, 1.54) is 12.1 Å². The number of benzene rings is 1. The van der Waals surface area contributed by atoms with E-state index in [1.54, 1.807) is 13.1 Å². The lowest BCUT2D eigenvalue weighted by Gasteiger charge is -1.97. The Kier molecular flexibility index (Phi) is 3.17. The van der Waals surface area contributed by atoms with Crippen LogP contribution in [0.5, 0.6) is 0 Å². The van der Waals surface area contributed by atoms with Crippen molar-refractivity contribution in [1.29, 1.82) is 0 Å². The van der Waals surface area contributed by atoms with Crippen LogP contribution in [0.4, 0.5) is 4.39 Å². The third-order valence-electron chi connectivity index (χ3n) is 1.96. The highest BCUT2D eigenvalue weighted by atomic mass is 35.5. The lowest BCUT2D eigenvalue weighted by atomic mass is 10.2. The molecular formula is C10H9ClFN3O. The van der Waals surface area contributed by atoms with Gasteiger partial charge in [0.15, 0.2) is 0 Å². The van der Waals surface area contributed by atoms with Crippen molar-refractivity contribution in [3.8, 4) is 11.5 Å². The van der Waals surface area contributed by atoms with Crippen LogP contribution in [0.15, 0.2) is 22.6 Å². The van der Waals surface area contributed by atoms with Crippen molar-refractivity contribution < 1.29 is 8.81 Å². The summed E-state index contributed by atoms with van der Waals surface area (Å²) in [5, 5.41) is 10.7. The average molecular weight is 242 g/mol. The minimum absolute atomic E-state index is 0.152. The molecule has 0 aliphatic carbocycles. The van der Waals surface area contributed by atoms with Gasteiger partial charge in [-0.15, -0.1) is 10.2 Å². The van der Waals surface area contributed by atoms with Gasteiger partial charge in [0.05, 0.1) is 12.1 Å². The zero-order valence-corrected chi connectivity index (χ0v) is 9.25. The topological polar surface area (TPSA) is 51.0 Å². The summed E-state index contributed by atoms with van der Waals surface area (Å²) in [4.78, 5) is 0. The Morgan fingerprint density at radius 2 is 2.25 bits per heavy atom. The van der Waals surface area contributed by atoms with Gasteiger partial charge in [-0.2, -0.15) is 0 Å². The van der Waals surface area contributed by atoms with Gasteiger partial charge in [-0.3, -0.25) is 0 Å². The van der Waals surface area contributed by atoms with E-state index in [1.807, 2.05) is 0 Å². The minimum Gasteiger partial charge on any atom is -0.419 e. The summed E-state index contributed by atoms with van der Waals surface area (Å²) in [5.41, 5.74) is 0.249. The number of hydrogen-bond donors (Lipinski definition) is 1. The van der Waals surface area contributed by atoms with Crippen molar-refractivity contribution in [2.24, 2.45) is 0 Å². The van der Waals surface area contributed by atoms with Crippen LogP contribution in [0.25, 0.3) is 11.5 Å². The van der Waals surface area contributed by atoms with E-state index >= 15 is 0 Å². The van der Waals surface area contributed by atoms with Crippen LogP contribution in [0, 0.1) is 5.82 Å². The fraction of sp³-hybridized carbons (Fsp3) is 0.200. The lowest BCUT2D eigenvalue weighted by Crippen LogP contribution is -2.04. The molecule has 2 aromatic rings. The van der Waals surface area contributed by atoms with Crippen LogP contribution >= 0.6 is 11.6 Å². The fourth-order valence-corrected chi connectivity index (χ4v) is 1.41. The van der Waals surface area contributed by atoms with Crippen LogP contribution in [-0.4, -0.2) is 17.2 Å². The molecule has 0 spiro atoms. The molecule has 0 atom stereocenters. The summed E-state index contributed by atoms with van der Waals surface area (Å²) in [7, 11) is 1.76. The molecule has 0 aliphatic heterocycles. The standard InChI is InChI=1S/C10H9ClFN3O/c1-13-5-9-14-15-10(16-9)7-3-2-6(11)4-8(7)12/h2-4,13H,5H2,1H3. The molecule has 0 bridgehead atoms. The minimum atomic E-state index is -0.479. The molecule has 0 amide bonds. The third kappa shape index (κ3) is 2.20. The van der Waals surface area contributed by atoms with E-state index in [2.05, 4.69) is 15.5 Å². The van der Waals surface area contributed by atoms with Crippen molar-refractivity contribution >= 4 is 11.6 Å². The molecule has 1 heterocycles. The van der Waals surface area contributed by atoms with Gasteiger partial charge in [0.25, 0.3) is 5.89 Å². The maximum Gasteiger partial charge on any atom is 0.250 e. The number of hydrogen-bond acceptors (Lipinski definition) is 4. The molecule has 0 saturated heterocycles. The zero-order chi connectivity index (χ0) is 11.5. The SMILES string of the molecule is CNCc1nnc(-c2ccc(Cl)cc2F)o1. The molecule has 84 valence electrons. The highest BCUT2D eigenvalue weighted by Gasteiger charge is 2.12. The zero-order valence-electron chi connectivity index (χ0n) is 8.50. The maximum atomic E-state index is 13.5. The first kappa shape index (κ1) is 11.0. The lowest BCUT2D eigenvalue weighted by molar-refractivity contribution is 0.487. The van der Waals surface area contributed by atoms with Gasteiger partial charge < -0.3 is 9.73 Å². The predicted molar refractivity (Wildman–Crippen MR) is 57.5 cm³/mol. The van der Waals surface area contributed by atoms with Crippen molar-refractivity contribution in [2.75, 3.05) is 7.05 Å². The molecule has 0 aliphatic rings. The predicted octanol–water partition coefficient (Wildman–Crippen LogP) is 2.25. The first-order valence-electron chi connectivity index (χ1n) is 4.63. The molecule has 1 N–H and O–H groups in total. The van der Waals surface area contributed by atoms with Gasteiger partial charge in [0.2, 0.25) is 5.89 Å². The molecule has 0 unspecified atom stereocenters. The second kappa shape index (κ2) is 4.59. The first-order chi connectivity index (χ1) is 7.70. The number of aromatic nitrogens is 2. The monoisotopic (exact) mass is 241 g/mol. The maximum absolute atomic E-state index is 13.5. The molecule has 2 rings (SSSR count). The second-order valence-corrected chi connectivity index (χ2v) is 3.59. The number of nitrogens with zero attached hydrogens (tertiary/aromatic N) is 2.